The van der Waals surface area contributed by atoms with E-state index >= 15 is 0 Å². The molecule has 2 aromatic rings. The molecule has 1 heterocycles. The van der Waals surface area contributed by atoms with E-state index in [1.165, 1.54) is 0 Å². The van der Waals surface area contributed by atoms with Gasteiger partial charge in [-0.15, -0.1) is 11.3 Å². The average molecular weight is 243 g/mol. The number of thiazole rings is 1. The third kappa shape index (κ3) is 2.90. The molecule has 0 spiro atoms. The van der Waals surface area contributed by atoms with Gasteiger partial charge in [0.05, 0.1) is 22.3 Å². The summed E-state index contributed by atoms with van der Waals surface area (Å²) in [6.45, 7) is 1.97. The molecule has 0 saturated heterocycles. The maximum Gasteiger partial charge on any atom is 0.0991 e. The van der Waals surface area contributed by atoms with Gasteiger partial charge in [0.1, 0.15) is 0 Å². The summed E-state index contributed by atoms with van der Waals surface area (Å²) in [5.41, 5.74) is 8.30. The molecule has 1 aromatic carbocycles. The monoisotopic (exact) mass is 243 g/mol. The maximum absolute atomic E-state index is 8.85. The fourth-order valence-electron chi connectivity index (χ4n) is 1.56. The Bertz CT molecular complexity index is 552. The van der Waals surface area contributed by atoms with Crippen LogP contribution in [0.3, 0.4) is 0 Å². The van der Waals surface area contributed by atoms with Crippen molar-refractivity contribution in [2.45, 2.75) is 19.4 Å². The first-order valence-corrected chi connectivity index (χ1v) is 6.27. The quantitative estimate of drug-likeness (QED) is 0.901. The molecule has 0 aliphatic rings. The Hall–Kier alpha value is -1.70. The van der Waals surface area contributed by atoms with E-state index in [-0.39, 0.29) is 6.04 Å². The normalized spacial score (nSPS) is 12.1. The summed E-state index contributed by atoms with van der Waals surface area (Å²) in [7, 11) is 0. The molecule has 2 N–H and O–H groups in total. The van der Waals surface area contributed by atoms with Gasteiger partial charge in [-0.3, -0.25) is 0 Å². The van der Waals surface area contributed by atoms with Crippen LogP contribution in [0, 0.1) is 11.3 Å². The maximum atomic E-state index is 8.85. The van der Waals surface area contributed by atoms with Crippen LogP contribution in [0.25, 0.3) is 11.3 Å². The summed E-state index contributed by atoms with van der Waals surface area (Å²) < 4.78 is 0. The van der Waals surface area contributed by atoms with Gasteiger partial charge in [-0.05, 0) is 19.1 Å². The summed E-state index contributed by atoms with van der Waals surface area (Å²) in [5, 5.41) is 11.9. The highest BCUT2D eigenvalue weighted by Crippen LogP contribution is 2.23. The first-order valence-electron chi connectivity index (χ1n) is 5.39. The van der Waals surface area contributed by atoms with E-state index in [1.54, 1.807) is 17.4 Å². The topological polar surface area (TPSA) is 62.7 Å². The van der Waals surface area contributed by atoms with Crippen LogP contribution in [0.15, 0.2) is 29.6 Å². The van der Waals surface area contributed by atoms with Gasteiger partial charge in [0, 0.05) is 23.4 Å². The van der Waals surface area contributed by atoms with Crippen LogP contribution in [-0.4, -0.2) is 11.0 Å². The summed E-state index contributed by atoms with van der Waals surface area (Å²) in [6, 6.07) is 9.74. The molecule has 3 nitrogen and oxygen atoms in total. The smallest absolute Gasteiger partial charge is 0.0991 e. The van der Waals surface area contributed by atoms with Crippen LogP contribution in [0.4, 0.5) is 0 Å². The van der Waals surface area contributed by atoms with E-state index in [4.69, 9.17) is 11.0 Å². The Balaban J connectivity index is 2.27. The molecule has 0 bridgehead atoms. The molecule has 86 valence electrons. The third-order valence-corrected chi connectivity index (χ3v) is 3.21. The number of benzene rings is 1. The van der Waals surface area contributed by atoms with Crippen molar-refractivity contribution < 1.29 is 0 Å². The number of aromatic nitrogens is 1. The van der Waals surface area contributed by atoms with Gasteiger partial charge in [0.2, 0.25) is 0 Å². The largest absolute Gasteiger partial charge is 0.328 e. The molecule has 1 atom stereocenters. The minimum atomic E-state index is 0.124. The van der Waals surface area contributed by atoms with E-state index in [9.17, 15) is 0 Å². The highest BCUT2D eigenvalue weighted by atomic mass is 32.1. The predicted octanol–water partition coefficient (Wildman–Crippen LogP) is 2.57. The molecule has 1 unspecified atom stereocenters. The van der Waals surface area contributed by atoms with Crippen molar-refractivity contribution in [3.8, 4) is 17.3 Å². The van der Waals surface area contributed by atoms with Crippen molar-refractivity contribution in [1.82, 2.24) is 4.98 Å². The number of rotatable bonds is 3. The van der Waals surface area contributed by atoms with Gasteiger partial charge in [-0.1, -0.05) is 12.1 Å². The van der Waals surface area contributed by atoms with Crippen molar-refractivity contribution in [2.24, 2.45) is 5.73 Å². The number of hydrogen-bond acceptors (Lipinski definition) is 4. The zero-order valence-corrected chi connectivity index (χ0v) is 10.4. The van der Waals surface area contributed by atoms with Crippen LogP contribution in [0.5, 0.6) is 0 Å². The standard InChI is InChI=1S/C13H13N3S/c1-9(15)5-13-16-12(8-17-13)11-4-2-3-10(6-11)7-14/h2-4,6,8-9H,5,15H2,1H3. The lowest BCUT2D eigenvalue weighted by Crippen LogP contribution is -2.17. The van der Waals surface area contributed by atoms with Crippen LogP contribution >= 0.6 is 11.3 Å². The SMILES string of the molecule is CC(N)Cc1nc(-c2cccc(C#N)c2)cs1. The second kappa shape index (κ2) is 5.09. The molecule has 0 saturated carbocycles. The Morgan fingerprint density at radius 3 is 3.06 bits per heavy atom. The molecule has 0 amide bonds. The molecule has 0 aliphatic heterocycles. The number of nitrogens with zero attached hydrogens (tertiary/aromatic N) is 2. The highest BCUT2D eigenvalue weighted by molar-refractivity contribution is 7.09. The van der Waals surface area contributed by atoms with Gasteiger partial charge in [0.25, 0.3) is 0 Å². The van der Waals surface area contributed by atoms with Crippen molar-refractivity contribution in [3.63, 3.8) is 0 Å². The van der Waals surface area contributed by atoms with Gasteiger partial charge in [-0.25, -0.2) is 4.98 Å². The zero-order chi connectivity index (χ0) is 12.3. The Morgan fingerprint density at radius 2 is 2.35 bits per heavy atom. The summed E-state index contributed by atoms with van der Waals surface area (Å²) in [5.74, 6) is 0. The summed E-state index contributed by atoms with van der Waals surface area (Å²) in [6.07, 6.45) is 0.794. The Kier molecular flexibility index (Phi) is 3.52. The van der Waals surface area contributed by atoms with Crippen molar-refractivity contribution in [3.05, 3.63) is 40.2 Å². The number of nitrogens with two attached hydrogens (primary N) is 1. The average Bonchev–Trinajstić information content (AvgIpc) is 2.77. The lowest BCUT2D eigenvalue weighted by molar-refractivity contribution is 0.734. The lowest BCUT2D eigenvalue weighted by atomic mass is 10.1. The second-order valence-electron chi connectivity index (χ2n) is 4.00. The van der Waals surface area contributed by atoms with Gasteiger partial charge < -0.3 is 5.73 Å². The Labute approximate surface area is 105 Å². The minimum absolute atomic E-state index is 0.124. The molecule has 2 rings (SSSR count). The van der Waals surface area contributed by atoms with E-state index in [0.29, 0.717) is 5.56 Å². The van der Waals surface area contributed by atoms with E-state index < -0.39 is 0 Å². The Morgan fingerprint density at radius 1 is 1.53 bits per heavy atom. The van der Waals surface area contributed by atoms with Crippen LogP contribution in [0.2, 0.25) is 0 Å². The fraction of sp³-hybridized carbons (Fsp3) is 0.231. The number of nitriles is 1. The molecule has 0 aliphatic carbocycles. The van der Waals surface area contributed by atoms with Crippen molar-refractivity contribution in [2.75, 3.05) is 0 Å². The first kappa shape index (κ1) is 11.8. The molecule has 1 aromatic heterocycles. The predicted molar refractivity (Wildman–Crippen MR) is 69.6 cm³/mol. The summed E-state index contributed by atoms with van der Waals surface area (Å²) in [4.78, 5) is 4.53. The minimum Gasteiger partial charge on any atom is -0.328 e. The molecule has 4 heteroatoms. The molecular formula is C13H13N3S. The van der Waals surface area contributed by atoms with Gasteiger partial charge in [-0.2, -0.15) is 5.26 Å². The molecule has 0 radical (unpaired) electrons. The second-order valence-corrected chi connectivity index (χ2v) is 4.94. The van der Waals surface area contributed by atoms with Crippen LogP contribution < -0.4 is 5.73 Å². The van der Waals surface area contributed by atoms with Gasteiger partial charge in [0.15, 0.2) is 0 Å². The highest BCUT2D eigenvalue weighted by Gasteiger charge is 2.06. The van der Waals surface area contributed by atoms with E-state index in [1.807, 2.05) is 30.5 Å². The zero-order valence-electron chi connectivity index (χ0n) is 9.55. The fourth-order valence-corrected chi connectivity index (χ4v) is 2.51. The lowest BCUT2D eigenvalue weighted by Gasteiger charge is -2.00. The van der Waals surface area contributed by atoms with E-state index in [2.05, 4.69) is 11.1 Å². The summed E-state index contributed by atoms with van der Waals surface area (Å²) >= 11 is 1.61. The first-order chi connectivity index (χ1) is 8.19. The number of hydrogen-bond donors (Lipinski definition) is 1. The third-order valence-electron chi connectivity index (χ3n) is 2.34. The van der Waals surface area contributed by atoms with Crippen LogP contribution in [-0.2, 0) is 6.42 Å². The van der Waals surface area contributed by atoms with Crippen molar-refractivity contribution >= 4 is 11.3 Å². The van der Waals surface area contributed by atoms with Gasteiger partial charge >= 0.3 is 0 Å². The van der Waals surface area contributed by atoms with E-state index in [0.717, 1.165) is 22.7 Å². The molecule has 17 heavy (non-hydrogen) atoms. The molecular weight excluding hydrogens is 230 g/mol. The van der Waals surface area contributed by atoms with Crippen molar-refractivity contribution in [1.29, 1.82) is 5.26 Å². The molecule has 0 fully saturated rings. The van der Waals surface area contributed by atoms with Crippen LogP contribution in [0.1, 0.15) is 17.5 Å².